The van der Waals surface area contributed by atoms with Crippen molar-refractivity contribution in [2.24, 2.45) is 7.05 Å². The molecule has 2 fully saturated rings. The van der Waals surface area contributed by atoms with Crippen molar-refractivity contribution in [2.75, 3.05) is 13.2 Å². The van der Waals surface area contributed by atoms with Gasteiger partial charge in [0, 0.05) is 31.3 Å². The first-order chi connectivity index (χ1) is 12.8. The third kappa shape index (κ3) is 3.02. The number of nitrogens with zero attached hydrogens (tertiary/aromatic N) is 4. The van der Waals surface area contributed by atoms with Gasteiger partial charge in [-0.25, -0.2) is 9.97 Å². The van der Waals surface area contributed by atoms with Crippen LogP contribution in [-0.4, -0.2) is 32.6 Å². The van der Waals surface area contributed by atoms with E-state index >= 15 is 0 Å². The van der Waals surface area contributed by atoms with E-state index in [0.717, 1.165) is 39.0 Å². The monoisotopic (exact) mass is 372 g/mol. The Kier molecular flexibility index (Phi) is 4.59. The van der Waals surface area contributed by atoms with Gasteiger partial charge in [-0.3, -0.25) is 4.90 Å². The van der Waals surface area contributed by atoms with E-state index in [1.54, 1.807) is 11.3 Å². The molecule has 140 valence electrons. The van der Waals surface area contributed by atoms with Crippen LogP contribution in [0.2, 0.25) is 0 Å². The highest BCUT2D eigenvalue weighted by atomic mass is 32.1. The molecule has 2 aromatic heterocycles. The van der Waals surface area contributed by atoms with Crippen LogP contribution in [0, 0.1) is 0 Å². The molecule has 0 unspecified atom stereocenters. The van der Waals surface area contributed by atoms with Gasteiger partial charge >= 0.3 is 0 Å². The number of aryl methyl sites for hydroxylation is 1. The molecular weight excluding hydrogens is 344 g/mol. The van der Waals surface area contributed by atoms with Crippen molar-refractivity contribution in [2.45, 2.75) is 70.1 Å². The zero-order valence-electron chi connectivity index (χ0n) is 15.6. The second kappa shape index (κ2) is 7.06. The molecule has 0 radical (unpaired) electrons. The highest BCUT2D eigenvalue weighted by Gasteiger charge is 2.32. The summed E-state index contributed by atoms with van der Waals surface area (Å²) < 4.78 is 8.20. The number of aromatic nitrogens is 3. The van der Waals surface area contributed by atoms with Crippen molar-refractivity contribution in [3.63, 3.8) is 0 Å². The molecule has 0 amide bonds. The van der Waals surface area contributed by atoms with Gasteiger partial charge in [0.15, 0.2) is 0 Å². The minimum absolute atomic E-state index is 0.240. The Labute approximate surface area is 159 Å². The Morgan fingerprint density at radius 3 is 2.92 bits per heavy atom. The molecule has 0 N–H and O–H groups in total. The van der Waals surface area contributed by atoms with E-state index in [9.17, 15) is 0 Å². The molecule has 2 aromatic rings. The maximum atomic E-state index is 5.80. The van der Waals surface area contributed by atoms with Crippen molar-refractivity contribution in [3.8, 4) is 0 Å². The Bertz CT molecular complexity index is 777. The van der Waals surface area contributed by atoms with Crippen LogP contribution in [0.25, 0.3) is 0 Å². The Morgan fingerprint density at radius 2 is 2.08 bits per heavy atom. The fourth-order valence-electron chi connectivity index (χ4n) is 4.84. The summed E-state index contributed by atoms with van der Waals surface area (Å²) in [5.41, 5.74) is 4.04. The zero-order chi connectivity index (χ0) is 17.5. The number of hydrogen-bond donors (Lipinski definition) is 0. The van der Waals surface area contributed by atoms with E-state index in [1.165, 1.54) is 60.0 Å². The second-order valence-electron chi connectivity index (χ2n) is 7.94. The topological polar surface area (TPSA) is 43.2 Å². The van der Waals surface area contributed by atoms with E-state index in [2.05, 4.69) is 21.9 Å². The Morgan fingerprint density at radius 1 is 1.15 bits per heavy atom. The molecule has 2 saturated heterocycles. The quantitative estimate of drug-likeness (QED) is 0.815. The number of fused-ring (bicyclic) bond motifs is 1. The lowest BCUT2D eigenvalue weighted by Gasteiger charge is -2.23. The third-order valence-electron chi connectivity index (χ3n) is 6.21. The highest BCUT2D eigenvalue weighted by molar-refractivity contribution is 7.09. The molecule has 26 heavy (non-hydrogen) atoms. The summed E-state index contributed by atoms with van der Waals surface area (Å²) >= 11 is 1.77. The lowest BCUT2D eigenvalue weighted by molar-refractivity contribution is 0.111. The summed E-state index contributed by atoms with van der Waals surface area (Å²) in [6, 6.07) is 0.443. The van der Waals surface area contributed by atoms with Gasteiger partial charge < -0.3 is 9.30 Å². The molecule has 0 spiro atoms. The van der Waals surface area contributed by atoms with Crippen LogP contribution >= 0.6 is 11.3 Å². The van der Waals surface area contributed by atoms with E-state index in [-0.39, 0.29) is 6.10 Å². The molecular formula is C20H28N4OS. The second-order valence-corrected chi connectivity index (χ2v) is 8.83. The average molecular weight is 373 g/mol. The van der Waals surface area contributed by atoms with Crippen molar-refractivity contribution in [1.82, 2.24) is 19.4 Å². The van der Waals surface area contributed by atoms with Crippen LogP contribution < -0.4 is 0 Å². The molecule has 0 bridgehead atoms. The van der Waals surface area contributed by atoms with Gasteiger partial charge in [0.2, 0.25) is 0 Å². The number of rotatable bonds is 4. The molecule has 3 aliphatic rings. The smallest absolute Gasteiger partial charge is 0.126 e. The largest absolute Gasteiger partial charge is 0.371 e. The summed E-state index contributed by atoms with van der Waals surface area (Å²) in [6.07, 6.45) is 9.96. The molecule has 5 nitrogen and oxygen atoms in total. The molecule has 2 aliphatic heterocycles. The average Bonchev–Trinajstić information content (AvgIpc) is 3.42. The third-order valence-corrected chi connectivity index (χ3v) is 7.20. The van der Waals surface area contributed by atoms with Gasteiger partial charge in [-0.15, -0.1) is 11.3 Å². The van der Waals surface area contributed by atoms with Crippen molar-refractivity contribution in [3.05, 3.63) is 33.3 Å². The van der Waals surface area contributed by atoms with Crippen LogP contribution in [-0.2, 0) is 31.2 Å². The first-order valence-electron chi connectivity index (χ1n) is 10.1. The first-order valence-corrected chi connectivity index (χ1v) is 11.0. The minimum Gasteiger partial charge on any atom is -0.371 e. The summed E-state index contributed by atoms with van der Waals surface area (Å²) in [6.45, 7) is 2.97. The molecule has 0 aromatic carbocycles. The van der Waals surface area contributed by atoms with Gasteiger partial charge in [-0.1, -0.05) is 0 Å². The van der Waals surface area contributed by atoms with Gasteiger partial charge in [0.05, 0.1) is 17.4 Å². The van der Waals surface area contributed by atoms with E-state index in [1.807, 2.05) is 0 Å². The van der Waals surface area contributed by atoms with Crippen molar-refractivity contribution in [1.29, 1.82) is 0 Å². The van der Waals surface area contributed by atoms with Gasteiger partial charge in [-0.05, 0) is 57.9 Å². The zero-order valence-corrected chi connectivity index (χ0v) is 16.4. The fourth-order valence-corrected chi connectivity index (χ4v) is 5.73. The number of hydrogen-bond acceptors (Lipinski definition) is 5. The predicted octanol–water partition coefficient (Wildman–Crippen LogP) is 3.94. The normalized spacial score (nSPS) is 26.5. The molecule has 4 heterocycles. The Hall–Kier alpha value is -1.24. The van der Waals surface area contributed by atoms with Gasteiger partial charge in [-0.2, -0.15) is 0 Å². The number of ether oxygens (including phenoxy) is 1. The minimum atomic E-state index is 0.240. The SMILES string of the molecule is Cn1c([C@@H]2CCCN2Cc2csc([C@@H]3CCCO3)n2)nc2c1CCCC2. The van der Waals surface area contributed by atoms with E-state index in [4.69, 9.17) is 14.7 Å². The van der Waals surface area contributed by atoms with Crippen molar-refractivity contribution >= 4 is 11.3 Å². The summed E-state index contributed by atoms with van der Waals surface area (Å²) in [7, 11) is 2.22. The van der Waals surface area contributed by atoms with Gasteiger partial charge in [0.1, 0.15) is 16.9 Å². The number of likely N-dealkylation sites (tertiary alicyclic amines) is 1. The number of imidazole rings is 1. The predicted molar refractivity (Wildman–Crippen MR) is 102 cm³/mol. The summed E-state index contributed by atoms with van der Waals surface area (Å²) in [4.78, 5) is 12.6. The van der Waals surface area contributed by atoms with E-state index in [0.29, 0.717) is 6.04 Å². The maximum Gasteiger partial charge on any atom is 0.126 e. The summed E-state index contributed by atoms with van der Waals surface area (Å²) in [5, 5.41) is 3.40. The van der Waals surface area contributed by atoms with Crippen LogP contribution in [0.1, 0.15) is 78.6 Å². The molecule has 0 saturated carbocycles. The molecule has 6 heteroatoms. The standard InChI is InChI=1S/C20H28N4OS/c1-23-16-7-3-2-6-15(16)22-19(23)17-8-4-10-24(17)12-14-13-26-20(21-14)18-9-5-11-25-18/h13,17-18H,2-12H2,1H3/t17-,18-/m0/s1. The van der Waals surface area contributed by atoms with Crippen LogP contribution in [0.3, 0.4) is 0 Å². The van der Waals surface area contributed by atoms with Crippen LogP contribution in [0.5, 0.6) is 0 Å². The first kappa shape index (κ1) is 16.9. The fraction of sp³-hybridized carbons (Fsp3) is 0.700. The molecule has 1 aliphatic carbocycles. The van der Waals surface area contributed by atoms with Gasteiger partial charge in [0.25, 0.3) is 0 Å². The van der Waals surface area contributed by atoms with Crippen molar-refractivity contribution < 1.29 is 4.74 Å². The molecule has 5 rings (SSSR count). The summed E-state index contributed by atoms with van der Waals surface area (Å²) in [5.74, 6) is 1.28. The maximum absolute atomic E-state index is 5.80. The van der Waals surface area contributed by atoms with E-state index < -0.39 is 0 Å². The molecule has 2 atom stereocenters. The highest BCUT2D eigenvalue weighted by Crippen LogP contribution is 2.36. The lowest BCUT2D eigenvalue weighted by atomic mass is 10.0. The lowest BCUT2D eigenvalue weighted by Crippen LogP contribution is -2.25. The van der Waals surface area contributed by atoms with Crippen LogP contribution in [0.4, 0.5) is 0 Å². The van der Waals surface area contributed by atoms with Crippen LogP contribution in [0.15, 0.2) is 5.38 Å². The Balaban J connectivity index is 1.34. The number of thiazole rings is 1.